The van der Waals surface area contributed by atoms with E-state index in [1.54, 1.807) is 6.07 Å². The molecule has 1 saturated heterocycles. The summed E-state index contributed by atoms with van der Waals surface area (Å²) in [6.07, 6.45) is 0. The number of methoxy groups -OCH3 is 1. The quantitative estimate of drug-likeness (QED) is 0.751. The Morgan fingerprint density at radius 2 is 2.25 bits per heavy atom. The Morgan fingerprint density at radius 3 is 2.81 bits per heavy atom. The third-order valence-corrected chi connectivity index (χ3v) is 2.88. The summed E-state index contributed by atoms with van der Waals surface area (Å²) < 4.78 is 4.74. The number of benzene rings is 1. The molecule has 0 atom stereocenters. The fourth-order valence-electron chi connectivity index (χ4n) is 1.73. The van der Waals surface area contributed by atoms with E-state index in [-0.39, 0.29) is 5.97 Å². The number of esters is 1. The monoisotopic (exact) mass is 220 g/mol. The lowest BCUT2D eigenvalue weighted by atomic mass is 10.1. The van der Waals surface area contributed by atoms with Crippen molar-refractivity contribution in [1.29, 1.82) is 0 Å². The molecule has 0 unspecified atom stereocenters. The highest BCUT2D eigenvalue weighted by molar-refractivity contribution is 5.92. The van der Waals surface area contributed by atoms with Crippen molar-refractivity contribution in [2.75, 3.05) is 25.5 Å². The lowest BCUT2D eigenvalue weighted by molar-refractivity contribution is 0.0600. The van der Waals surface area contributed by atoms with Crippen LogP contribution in [-0.2, 0) is 4.74 Å². The molecule has 1 aromatic carbocycles. The van der Waals surface area contributed by atoms with E-state index in [4.69, 9.17) is 4.74 Å². The smallest absolute Gasteiger partial charge is 0.338 e. The summed E-state index contributed by atoms with van der Waals surface area (Å²) in [5.74, 6) is -0.284. The number of hydrogen-bond acceptors (Lipinski definition) is 4. The third-order valence-electron chi connectivity index (χ3n) is 2.88. The second-order valence-corrected chi connectivity index (χ2v) is 3.97. The summed E-state index contributed by atoms with van der Waals surface area (Å²) in [5.41, 5.74) is 2.58. The molecule has 1 aromatic rings. The van der Waals surface area contributed by atoms with Crippen molar-refractivity contribution in [1.82, 2.24) is 5.32 Å². The lowest BCUT2D eigenvalue weighted by Crippen LogP contribution is -2.51. The molecule has 0 saturated carbocycles. The molecule has 0 aromatic heterocycles. The van der Waals surface area contributed by atoms with Crippen LogP contribution in [0.25, 0.3) is 0 Å². The van der Waals surface area contributed by atoms with Crippen LogP contribution in [0.15, 0.2) is 18.2 Å². The SMILES string of the molecule is COC(=O)c1cccc(NC2CNC2)c1C. The molecule has 1 heterocycles. The highest BCUT2D eigenvalue weighted by Gasteiger charge is 2.18. The first-order valence-corrected chi connectivity index (χ1v) is 5.37. The lowest BCUT2D eigenvalue weighted by Gasteiger charge is -2.29. The van der Waals surface area contributed by atoms with Gasteiger partial charge in [0.25, 0.3) is 0 Å². The van der Waals surface area contributed by atoms with Gasteiger partial charge in [0.15, 0.2) is 0 Å². The van der Waals surface area contributed by atoms with Gasteiger partial charge in [0.1, 0.15) is 0 Å². The fourth-order valence-corrected chi connectivity index (χ4v) is 1.73. The van der Waals surface area contributed by atoms with Crippen molar-refractivity contribution in [2.24, 2.45) is 0 Å². The highest BCUT2D eigenvalue weighted by Crippen LogP contribution is 2.20. The largest absolute Gasteiger partial charge is 0.465 e. The molecule has 2 rings (SSSR count). The second-order valence-electron chi connectivity index (χ2n) is 3.97. The van der Waals surface area contributed by atoms with E-state index in [0.29, 0.717) is 11.6 Å². The summed E-state index contributed by atoms with van der Waals surface area (Å²) in [6.45, 7) is 3.88. The number of ether oxygens (including phenoxy) is 1. The normalized spacial score (nSPS) is 15.4. The Balaban J connectivity index is 2.21. The molecule has 86 valence electrons. The van der Waals surface area contributed by atoms with Crippen molar-refractivity contribution in [3.05, 3.63) is 29.3 Å². The molecule has 16 heavy (non-hydrogen) atoms. The van der Waals surface area contributed by atoms with Crippen LogP contribution in [-0.4, -0.2) is 32.2 Å². The summed E-state index contributed by atoms with van der Waals surface area (Å²) in [6, 6.07) is 6.10. The van der Waals surface area contributed by atoms with E-state index < -0.39 is 0 Å². The van der Waals surface area contributed by atoms with Gasteiger partial charge in [-0.15, -0.1) is 0 Å². The van der Waals surface area contributed by atoms with Crippen molar-refractivity contribution < 1.29 is 9.53 Å². The Bertz CT molecular complexity index is 400. The number of carbonyl (C=O) groups excluding carboxylic acids is 1. The van der Waals surface area contributed by atoms with Crippen LogP contribution < -0.4 is 10.6 Å². The van der Waals surface area contributed by atoms with Crippen LogP contribution in [0.1, 0.15) is 15.9 Å². The molecular formula is C12H16N2O2. The van der Waals surface area contributed by atoms with E-state index in [1.165, 1.54) is 7.11 Å². The summed E-state index contributed by atoms with van der Waals surface area (Å²) in [4.78, 5) is 11.5. The minimum atomic E-state index is -0.284. The predicted octanol–water partition coefficient (Wildman–Crippen LogP) is 1.17. The van der Waals surface area contributed by atoms with E-state index in [0.717, 1.165) is 24.3 Å². The van der Waals surface area contributed by atoms with Crippen LogP contribution in [0.3, 0.4) is 0 Å². The van der Waals surface area contributed by atoms with Gasteiger partial charge in [-0.1, -0.05) is 6.07 Å². The predicted molar refractivity (Wildman–Crippen MR) is 62.8 cm³/mol. The van der Waals surface area contributed by atoms with Gasteiger partial charge in [-0.2, -0.15) is 0 Å². The maximum Gasteiger partial charge on any atom is 0.338 e. The average Bonchev–Trinajstić information content (AvgIpc) is 2.24. The van der Waals surface area contributed by atoms with Crippen LogP contribution >= 0.6 is 0 Å². The van der Waals surface area contributed by atoms with E-state index in [1.807, 2.05) is 19.1 Å². The Kier molecular flexibility index (Phi) is 3.10. The molecule has 0 aliphatic carbocycles. The van der Waals surface area contributed by atoms with Crippen molar-refractivity contribution in [3.63, 3.8) is 0 Å². The number of carbonyl (C=O) groups is 1. The molecule has 1 aliphatic heterocycles. The van der Waals surface area contributed by atoms with Crippen LogP contribution in [0, 0.1) is 6.92 Å². The van der Waals surface area contributed by atoms with Gasteiger partial charge < -0.3 is 15.4 Å². The molecule has 2 N–H and O–H groups in total. The topological polar surface area (TPSA) is 50.4 Å². The van der Waals surface area contributed by atoms with Crippen molar-refractivity contribution in [3.8, 4) is 0 Å². The van der Waals surface area contributed by atoms with Crippen LogP contribution in [0.5, 0.6) is 0 Å². The van der Waals surface area contributed by atoms with Crippen molar-refractivity contribution >= 4 is 11.7 Å². The van der Waals surface area contributed by atoms with Crippen molar-refractivity contribution in [2.45, 2.75) is 13.0 Å². The Labute approximate surface area is 95.0 Å². The highest BCUT2D eigenvalue weighted by atomic mass is 16.5. The van der Waals surface area contributed by atoms with Gasteiger partial charge in [-0.25, -0.2) is 4.79 Å². The molecule has 4 nitrogen and oxygen atoms in total. The van der Waals surface area contributed by atoms with Gasteiger partial charge >= 0.3 is 5.97 Å². The number of hydrogen-bond donors (Lipinski definition) is 2. The molecule has 1 fully saturated rings. The van der Waals surface area contributed by atoms with Gasteiger partial charge in [0.2, 0.25) is 0 Å². The Morgan fingerprint density at radius 1 is 1.50 bits per heavy atom. The first-order chi connectivity index (χ1) is 7.72. The van der Waals surface area contributed by atoms with Gasteiger partial charge in [-0.05, 0) is 24.6 Å². The Hall–Kier alpha value is -1.55. The number of anilines is 1. The summed E-state index contributed by atoms with van der Waals surface area (Å²) in [7, 11) is 1.40. The third kappa shape index (κ3) is 2.02. The zero-order valence-electron chi connectivity index (χ0n) is 9.54. The fraction of sp³-hybridized carbons (Fsp3) is 0.417. The average molecular weight is 220 g/mol. The standard InChI is InChI=1S/C12H16N2O2/c1-8-10(12(15)16-2)4-3-5-11(8)14-9-6-13-7-9/h3-5,9,13-14H,6-7H2,1-2H3. The van der Waals surface area contributed by atoms with Gasteiger partial charge in [-0.3, -0.25) is 0 Å². The molecule has 0 spiro atoms. The molecule has 0 bridgehead atoms. The minimum absolute atomic E-state index is 0.284. The maximum atomic E-state index is 11.5. The zero-order valence-corrected chi connectivity index (χ0v) is 9.54. The molecular weight excluding hydrogens is 204 g/mol. The first kappa shape index (κ1) is 11.0. The first-order valence-electron chi connectivity index (χ1n) is 5.37. The van der Waals surface area contributed by atoms with E-state index in [2.05, 4.69) is 10.6 Å². The summed E-state index contributed by atoms with van der Waals surface area (Å²) >= 11 is 0. The zero-order chi connectivity index (χ0) is 11.5. The van der Waals surface area contributed by atoms with E-state index >= 15 is 0 Å². The number of nitrogens with one attached hydrogen (secondary N) is 2. The summed E-state index contributed by atoms with van der Waals surface area (Å²) in [5, 5.41) is 6.59. The second kappa shape index (κ2) is 4.53. The molecule has 0 radical (unpaired) electrons. The van der Waals surface area contributed by atoms with Gasteiger partial charge in [0.05, 0.1) is 18.7 Å². The van der Waals surface area contributed by atoms with E-state index in [9.17, 15) is 4.79 Å². The minimum Gasteiger partial charge on any atom is -0.465 e. The molecule has 4 heteroatoms. The maximum absolute atomic E-state index is 11.5. The molecule has 1 aliphatic rings. The molecule has 0 amide bonds. The van der Waals surface area contributed by atoms with Crippen LogP contribution in [0.4, 0.5) is 5.69 Å². The van der Waals surface area contributed by atoms with Crippen LogP contribution in [0.2, 0.25) is 0 Å². The number of rotatable bonds is 3. The van der Waals surface area contributed by atoms with Gasteiger partial charge in [0, 0.05) is 18.8 Å².